The van der Waals surface area contributed by atoms with E-state index in [1.807, 2.05) is 4.90 Å². The van der Waals surface area contributed by atoms with Crippen molar-refractivity contribution >= 4 is 5.91 Å². The van der Waals surface area contributed by atoms with Crippen LogP contribution in [-0.2, 0) is 21.5 Å². The number of carbonyl (C=O) groups excluding carboxylic acids is 1. The Morgan fingerprint density at radius 2 is 2.08 bits per heavy atom. The lowest BCUT2D eigenvalue weighted by Gasteiger charge is -2.26. The average Bonchev–Trinajstić information content (AvgIpc) is 3.26. The third-order valence-corrected chi connectivity index (χ3v) is 5.03. The van der Waals surface area contributed by atoms with E-state index >= 15 is 0 Å². The lowest BCUT2D eigenvalue weighted by molar-refractivity contribution is -0.135. The zero-order valence-electron chi connectivity index (χ0n) is 15.2. The largest absolute Gasteiger partial charge is 0.444 e. The number of nitrogens with zero attached hydrogens (tertiary/aromatic N) is 3. The van der Waals surface area contributed by atoms with Crippen LogP contribution in [0.3, 0.4) is 0 Å². The van der Waals surface area contributed by atoms with E-state index in [1.54, 1.807) is 13.3 Å². The molecule has 6 heteroatoms. The standard InChI is InChI=1S/C18H29N3O3/c1-18(2,3)15-10-19-16(24-15)12-21-11-13(23-4)9-14(21)17(22)20-7-5-6-8-20/h10,13-14H,5-9,11-12H2,1-4H3/t13-,14-/m0/s1. The number of hydrogen-bond donors (Lipinski definition) is 0. The molecule has 2 atom stereocenters. The second kappa shape index (κ2) is 6.84. The first-order valence-corrected chi connectivity index (χ1v) is 8.89. The van der Waals surface area contributed by atoms with Gasteiger partial charge in [-0.05, 0) is 19.3 Å². The summed E-state index contributed by atoms with van der Waals surface area (Å²) in [6.45, 7) is 9.38. The molecular weight excluding hydrogens is 306 g/mol. The van der Waals surface area contributed by atoms with Crippen molar-refractivity contribution < 1.29 is 13.9 Å². The molecule has 1 amide bonds. The molecule has 1 aromatic heterocycles. The molecule has 2 saturated heterocycles. The van der Waals surface area contributed by atoms with Gasteiger partial charge >= 0.3 is 0 Å². The van der Waals surface area contributed by atoms with E-state index in [4.69, 9.17) is 9.15 Å². The molecule has 0 aliphatic carbocycles. The summed E-state index contributed by atoms with van der Waals surface area (Å²) < 4.78 is 11.4. The van der Waals surface area contributed by atoms with Gasteiger partial charge in [-0.2, -0.15) is 0 Å². The minimum atomic E-state index is -0.127. The fraction of sp³-hybridized carbons (Fsp3) is 0.778. The number of rotatable bonds is 4. The van der Waals surface area contributed by atoms with Crippen molar-refractivity contribution in [2.75, 3.05) is 26.7 Å². The Bertz CT molecular complexity index is 572. The van der Waals surface area contributed by atoms with Gasteiger partial charge in [-0.1, -0.05) is 20.8 Å². The SMILES string of the molecule is CO[C@H]1C[C@@H](C(=O)N2CCCC2)N(Cc2ncc(C(C)(C)C)o2)C1. The number of methoxy groups -OCH3 is 1. The predicted molar refractivity (Wildman–Crippen MR) is 90.6 cm³/mol. The van der Waals surface area contributed by atoms with E-state index < -0.39 is 0 Å². The van der Waals surface area contributed by atoms with Crippen LogP contribution in [0.15, 0.2) is 10.6 Å². The van der Waals surface area contributed by atoms with Gasteiger partial charge in [-0.25, -0.2) is 4.98 Å². The molecule has 6 nitrogen and oxygen atoms in total. The lowest BCUT2D eigenvalue weighted by atomic mass is 9.94. The fourth-order valence-electron chi connectivity index (χ4n) is 3.52. The molecule has 0 spiro atoms. The second-order valence-electron chi connectivity index (χ2n) is 7.94. The van der Waals surface area contributed by atoms with Gasteiger partial charge in [0.05, 0.1) is 24.9 Å². The smallest absolute Gasteiger partial charge is 0.240 e. The predicted octanol–water partition coefficient (Wildman–Crippen LogP) is 2.18. The Morgan fingerprint density at radius 1 is 1.38 bits per heavy atom. The van der Waals surface area contributed by atoms with Crippen molar-refractivity contribution in [3.63, 3.8) is 0 Å². The number of amides is 1. The molecule has 0 unspecified atom stereocenters. The molecule has 2 fully saturated rings. The highest BCUT2D eigenvalue weighted by Crippen LogP contribution is 2.27. The summed E-state index contributed by atoms with van der Waals surface area (Å²) in [5, 5.41) is 0. The van der Waals surface area contributed by atoms with Crippen molar-refractivity contribution in [3.8, 4) is 0 Å². The molecule has 134 valence electrons. The Labute approximate surface area is 144 Å². The maximum absolute atomic E-state index is 12.9. The Morgan fingerprint density at radius 3 is 2.67 bits per heavy atom. The van der Waals surface area contributed by atoms with Crippen LogP contribution in [0.1, 0.15) is 51.7 Å². The lowest BCUT2D eigenvalue weighted by Crippen LogP contribution is -2.44. The number of hydrogen-bond acceptors (Lipinski definition) is 5. The molecule has 2 aliphatic rings. The number of likely N-dealkylation sites (tertiary alicyclic amines) is 2. The van der Waals surface area contributed by atoms with Gasteiger partial charge in [0.1, 0.15) is 5.76 Å². The summed E-state index contributed by atoms with van der Waals surface area (Å²) in [5.74, 6) is 1.79. The van der Waals surface area contributed by atoms with E-state index in [0.717, 1.165) is 44.7 Å². The molecule has 3 rings (SSSR count). The fourth-order valence-corrected chi connectivity index (χ4v) is 3.52. The molecule has 24 heavy (non-hydrogen) atoms. The summed E-state index contributed by atoms with van der Waals surface area (Å²) in [7, 11) is 1.72. The van der Waals surface area contributed by atoms with Crippen molar-refractivity contribution in [1.82, 2.24) is 14.8 Å². The van der Waals surface area contributed by atoms with Crippen LogP contribution >= 0.6 is 0 Å². The molecule has 0 aromatic carbocycles. The highest BCUT2D eigenvalue weighted by molar-refractivity contribution is 5.82. The molecule has 0 saturated carbocycles. The molecule has 0 radical (unpaired) electrons. The minimum absolute atomic E-state index is 0.0594. The van der Waals surface area contributed by atoms with Crippen molar-refractivity contribution in [2.24, 2.45) is 0 Å². The summed E-state index contributed by atoms with van der Waals surface area (Å²) in [6.07, 6.45) is 4.87. The quantitative estimate of drug-likeness (QED) is 0.844. The van der Waals surface area contributed by atoms with Crippen LogP contribution in [0.2, 0.25) is 0 Å². The second-order valence-corrected chi connectivity index (χ2v) is 7.94. The third-order valence-electron chi connectivity index (χ3n) is 5.03. The summed E-state index contributed by atoms with van der Waals surface area (Å²) in [5.41, 5.74) is -0.0594. The van der Waals surface area contributed by atoms with Crippen LogP contribution in [0.4, 0.5) is 0 Å². The first kappa shape index (κ1) is 17.4. The first-order valence-electron chi connectivity index (χ1n) is 8.89. The van der Waals surface area contributed by atoms with Crippen molar-refractivity contribution in [3.05, 3.63) is 17.8 Å². The van der Waals surface area contributed by atoms with Gasteiger partial charge in [0.25, 0.3) is 0 Å². The van der Waals surface area contributed by atoms with Crippen LogP contribution in [0, 0.1) is 0 Å². The van der Waals surface area contributed by atoms with E-state index in [1.165, 1.54) is 0 Å². The molecule has 0 N–H and O–H groups in total. The monoisotopic (exact) mass is 335 g/mol. The zero-order valence-corrected chi connectivity index (χ0v) is 15.2. The number of ether oxygens (including phenoxy) is 1. The van der Waals surface area contributed by atoms with Crippen LogP contribution in [0.25, 0.3) is 0 Å². The first-order chi connectivity index (χ1) is 11.4. The van der Waals surface area contributed by atoms with Gasteiger partial charge in [-0.3, -0.25) is 9.69 Å². The van der Waals surface area contributed by atoms with E-state index in [9.17, 15) is 4.79 Å². The molecule has 3 heterocycles. The molecule has 0 bridgehead atoms. The maximum Gasteiger partial charge on any atom is 0.240 e. The van der Waals surface area contributed by atoms with Crippen LogP contribution < -0.4 is 0 Å². The number of carbonyl (C=O) groups is 1. The number of aromatic nitrogens is 1. The average molecular weight is 335 g/mol. The summed E-state index contributed by atoms with van der Waals surface area (Å²) in [6, 6.07) is -0.127. The normalized spacial score (nSPS) is 25.6. The van der Waals surface area contributed by atoms with Gasteiger partial charge < -0.3 is 14.1 Å². The highest BCUT2D eigenvalue weighted by atomic mass is 16.5. The highest BCUT2D eigenvalue weighted by Gasteiger charge is 2.40. The van der Waals surface area contributed by atoms with Gasteiger partial charge in [0.2, 0.25) is 11.8 Å². The Balaban J connectivity index is 1.71. The van der Waals surface area contributed by atoms with Crippen LogP contribution in [0.5, 0.6) is 0 Å². The number of oxazole rings is 1. The molecule has 1 aromatic rings. The van der Waals surface area contributed by atoms with Crippen molar-refractivity contribution in [1.29, 1.82) is 0 Å². The maximum atomic E-state index is 12.9. The van der Waals surface area contributed by atoms with Gasteiger partial charge in [0, 0.05) is 32.2 Å². The Hall–Kier alpha value is -1.40. The van der Waals surface area contributed by atoms with E-state index in [-0.39, 0.29) is 23.5 Å². The van der Waals surface area contributed by atoms with E-state index in [0.29, 0.717) is 12.4 Å². The van der Waals surface area contributed by atoms with E-state index in [2.05, 4.69) is 30.7 Å². The van der Waals surface area contributed by atoms with Crippen LogP contribution in [-0.4, -0.2) is 59.6 Å². The Kier molecular flexibility index (Phi) is 4.97. The topological polar surface area (TPSA) is 58.8 Å². The van der Waals surface area contributed by atoms with Gasteiger partial charge in [-0.15, -0.1) is 0 Å². The molecular formula is C18H29N3O3. The van der Waals surface area contributed by atoms with Gasteiger partial charge in [0.15, 0.2) is 0 Å². The van der Waals surface area contributed by atoms with Crippen molar-refractivity contribution in [2.45, 2.75) is 64.1 Å². The summed E-state index contributed by atoms with van der Waals surface area (Å²) in [4.78, 5) is 21.4. The minimum Gasteiger partial charge on any atom is -0.444 e. The zero-order chi connectivity index (χ0) is 17.3. The third kappa shape index (κ3) is 3.64. The molecule has 2 aliphatic heterocycles. The summed E-state index contributed by atoms with van der Waals surface area (Å²) >= 11 is 0.